The fourth-order valence-corrected chi connectivity index (χ4v) is 5.12. The smallest absolute Gasteiger partial charge is 0.290 e. The van der Waals surface area contributed by atoms with Gasteiger partial charge < -0.3 is 23.5 Å². The summed E-state index contributed by atoms with van der Waals surface area (Å²) in [5.74, 6) is 1.77. The van der Waals surface area contributed by atoms with E-state index in [9.17, 15) is 9.59 Å². The van der Waals surface area contributed by atoms with E-state index in [0.29, 0.717) is 46.7 Å². The van der Waals surface area contributed by atoms with Crippen LogP contribution in [0.4, 0.5) is 0 Å². The third kappa shape index (κ3) is 4.20. The van der Waals surface area contributed by atoms with Gasteiger partial charge in [-0.1, -0.05) is 24.3 Å². The van der Waals surface area contributed by atoms with Crippen LogP contribution >= 0.6 is 0 Å². The number of fused-ring (bicyclic) bond motifs is 2. The highest BCUT2D eigenvalue weighted by molar-refractivity contribution is 5.99. The van der Waals surface area contributed by atoms with E-state index in [4.69, 9.17) is 18.6 Å². The number of aryl methyl sites for hydroxylation is 2. The van der Waals surface area contributed by atoms with Crippen LogP contribution in [-0.4, -0.2) is 38.7 Å². The molecule has 7 nitrogen and oxygen atoms in total. The molecular weight excluding hydrogens is 470 g/mol. The van der Waals surface area contributed by atoms with Crippen molar-refractivity contribution in [2.24, 2.45) is 0 Å². The number of methoxy groups -OCH3 is 3. The van der Waals surface area contributed by atoms with Crippen molar-refractivity contribution in [3.63, 3.8) is 0 Å². The van der Waals surface area contributed by atoms with Gasteiger partial charge in [-0.05, 0) is 72.9 Å². The van der Waals surface area contributed by atoms with Crippen molar-refractivity contribution in [1.29, 1.82) is 0 Å². The Morgan fingerprint density at radius 3 is 2.27 bits per heavy atom. The van der Waals surface area contributed by atoms with Gasteiger partial charge >= 0.3 is 0 Å². The molecule has 0 saturated carbocycles. The van der Waals surface area contributed by atoms with Gasteiger partial charge in [-0.2, -0.15) is 0 Å². The zero-order chi connectivity index (χ0) is 26.3. The first kappa shape index (κ1) is 24.4. The second-order valence-electron chi connectivity index (χ2n) is 9.25. The highest BCUT2D eigenvalue weighted by Gasteiger charge is 2.42. The summed E-state index contributed by atoms with van der Waals surface area (Å²) in [7, 11) is 4.78. The Balaban J connectivity index is 1.61. The van der Waals surface area contributed by atoms with Crippen LogP contribution in [0.25, 0.3) is 11.0 Å². The fraction of sp³-hybridized carbons (Fsp3) is 0.267. The Bertz CT molecular complexity index is 1550. The van der Waals surface area contributed by atoms with Gasteiger partial charge in [0.25, 0.3) is 5.91 Å². The fourth-order valence-electron chi connectivity index (χ4n) is 5.12. The van der Waals surface area contributed by atoms with Crippen molar-refractivity contribution in [3.8, 4) is 17.2 Å². The maximum atomic E-state index is 13.9. The summed E-state index contributed by atoms with van der Waals surface area (Å²) in [4.78, 5) is 29.3. The third-order valence-electron chi connectivity index (χ3n) is 6.92. The van der Waals surface area contributed by atoms with Crippen molar-refractivity contribution < 1.29 is 23.4 Å². The zero-order valence-corrected chi connectivity index (χ0v) is 21.6. The number of amides is 1. The van der Waals surface area contributed by atoms with E-state index in [2.05, 4.69) is 0 Å². The third-order valence-corrected chi connectivity index (χ3v) is 6.92. The van der Waals surface area contributed by atoms with Crippen LogP contribution in [0.15, 0.2) is 63.8 Å². The standard InChI is InChI=1S/C30H29NO6/c1-17-14-18(2)28-22(15-17)27(32)25-26(20-7-9-21(34-3)10-8-20)31(30(33)29(25)37-28)13-12-19-6-11-23(35-4)24(16-19)36-5/h6-11,14-16,26H,12-13H2,1-5H3. The minimum absolute atomic E-state index is 0.109. The Morgan fingerprint density at radius 1 is 0.865 bits per heavy atom. The molecule has 0 N–H and O–H groups in total. The lowest BCUT2D eigenvalue weighted by molar-refractivity contribution is 0.0730. The maximum absolute atomic E-state index is 13.9. The van der Waals surface area contributed by atoms with Gasteiger partial charge in [0.05, 0.1) is 38.3 Å². The summed E-state index contributed by atoms with van der Waals surface area (Å²) in [6.45, 7) is 4.21. The van der Waals surface area contributed by atoms with E-state index >= 15 is 0 Å². The van der Waals surface area contributed by atoms with Crippen molar-refractivity contribution >= 4 is 16.9 Å². The average Bonchev–Trinajstić information content (AvgIpc) is 3.19. The number of benzene rings is 3. The van der Waals surface area contributed by atoms with E-state index < -0.39 is 6.04 Å². The highest BCUT2D eigenvalue weighted by atomic mass is 16.5. The first-order chi connectivity index (χ1) is 17.9. The van der Waals surface area contributed by atoms with Crippen molar-refractivity contribution in [1.82, 2.24) is 4.90 Å². The zero-order valence-electron chi connectivity index (χ0n) is 21.6. The molecule has 7 heteroatoms. The number of ether oxygens (including phenoxy) is 3. The van der Waals surface area contributed by atoms with Crippen LogP contribution in [0.5, 0.6) is 17.2 Å². The molecule has 0 fully saturated rings. The second kappa shape index (κ2) is 9.65. The molecular formula is C30H29NO6. The molecule has 1 aliphatic rings. The van der Waals surface area contributed by atoms with E-state index in [-0.39, 0.29) is 17.1 Å². The van der Waals surface area contributed by atoms with Gasteiger partial charge in [-0.3, -0.25) is 9.59 Å². The molecule has 0 saturated heterocycles. The summed E-state index contributed by atoms with van der Waals surface area (Å²) in [5, 5.41) is 0.490. The molecule has 5 rings (SSSR count). The van der Waals surface area contributed by atoms with Crippen LogP contribution in [0, 0.1) is 13.8 Å². The molecule has 0 radical (unpaired) electrons. The summed E-state index contributed by atoms with van der Waals surface area (Å²) >= 11 is 0. The van der Waals surface area contributed by atoms with E-state index in [1.165, 1.54) is 0 Å². The minimum atomic E-state index is -0.574. The van der Waals surface area contributed by atoms with Crippen LogP contribution in [0.3, 0.4) is 0 Å². The van der Waals surface area contributed by atoms with Crippen molar-refractivity contribution in [2.75, 3.05) is 27.9 Å². The van der Waals surface area contributed by atoms with Crippen LogP contribution < -0.4 is 19.6 Å². The lowest BCUT2D eigenvalue weighted by Gasteiger charge is -2.25. The summed E-state index contributed by atoms with van der Waals surface area (Å²) in [6.07, 6.45) is 0.554. The lowest BCUT2D eigenvalue weighted by atomic mass is 9.97. The van der Waals surface area contributed by atoms with Gasteiger partial charge in [0.15, 0.2) is 16.9 Å². The Labute approximate surface area is 215 Å². The first-order valence-electron chi connectivity index (χ1n) is 12.1. The summed E-state index contributed by atoms with van der Waals surface area (Å²) < 4.78 is 22.3. The van der Waals surface area contributed by atoms with Crippen LogP contribution in [-0.2, 0) is 6.42 Å². The number of carbonyl (C=O) groups is 1. The molecule has 1 aliphatic heterocycles. The van der Waals surface area contributed by atoms with Gasteiger partial charge in [0, 0.05) is 6.54 Å². The largest absolute Gasteiger partial charge is 0.497 e. The van der Waals surface area contributed by atoms with Gasteiger partial charge in [0.2, 0.25) is 5.76 Å². The topological polar surface area (TPSA) is 78.2 Å². The Morgan fingerprint density at radius 2 is 1.59 bits per heavy atom. The molecule has 1 unspecified atom stereocenters. The SMILES string of the molecule is COc1ccc(C2c3c(oc4c(C)cc(C)cc4c3=O)C(=O)N2CCc2ccc(OC)c(OC)c2)cc1. The maximum Gasteiger partial charge on any atom is 0.290 e. The molecule has 4 aromatic rings. The first-order valence-corrected chi connectivity index (χ1v) is 12.1. The summed E-state index contributed by atoms with van der Waals surface area (Å²) in [5.41, 5.74) is 4.24. The van der Waals surface area contributed by atoms with E-state index in [1.807, 2.05) is 68.4 Å². The Hall–Kier alpha value is -4.26. The Kier molecular flexibility index (Phi) is 6.38. The van der Waals surface area contributed by atoms with Gasteiger partial charge in [-0.15, -0.1) is 0 Å². The number of hydrogen-bond donors (Lipinski definition) is 0. The van der Waals surface area contributed by atoms with Crippen molar-refractivity contribution in [3.05, 3.63) is 98.4 Å². The number of nitrogens with zero attached hydrogens (tertiary/aromatic N) is 1. The number of carbonyl (C=O) groups excluding carboxylic acids is 1. The molecule has 1 aromatic heterocycles. The minimum Gasteiger partial charge on any atom is -0.497 e. The lowest BCUT2D eigenvalue weighted by Crippen LogP contribution is -2.31. The molecule has 190 valence electrons. The monoisotopic (exact) mass is 499 g/mol. The van der Waals surface area contributed by atoms with Gasteiger partial charge in [0.1, 0.15) is 11.3 Å². The molecule has 1 atom stereocenters. The highest BCUT2D eigenvalue weighted by Crippen LogP contribution is 2.39. The average molecular weight is 500 g/mol. The molecule has 0 bridgehead atoms. The van der Waals surface area contributed by atoms with E-state index in [0.717, 1.165) is 22.3 Å². The predicted molar refractivity (Wildman–Crippen MR) is 141 cm³/mol. The normalized spacial score (nSPS) is 14.7. The predicted octanol–water partition coefficient (Wildman–Crippen LogP) is 5.22. The van der Waals surface area contributed by atoms with E-state index in [1.54, 1.807) is 26.2 Å². The second-order valence-corrected chi connectivity index (χ2v) is 9.25. The number of rotatable bonds is 7. The molecule has 2 heterocycles. The molecule has 1 amide bonds. The van der Waals surface area contributed by atoms with Crippen LogP contribution in [0.2, 0.25) is 0 Å². The van der Waals surface area contributed by atoms with Gasteiger partial charge in [-0.25, -0.2) is 0 Å². The summed E-state index contributed by atoms with van der Waals surface area (Å²) in [6, 6.07) is 16.3. The molecule has 37 heavy (non-hydrogen) atoms. The molecule has 0 aliphatic carbocycles. The molecule has 0 spiro atoms. The quantitative estimate of drug-likeness (QED) is 0.347. The van der Waals surface area contributed by atoms with Crippen LogP contribution in [0.1, 0.15) is 44.4 Å². The van der Waals surface area contributed by atoms with Crippen molar-refractivity contribution in [2.45, 2.75) is 26.3 Å². The number of hydrogen-bond acceptors (Lipinski definition) is 6. The molecule has 3 aromatic carbocycles.